The summed E-state index contributed by atoms with van der Waals surface area (Å²) < 4.78 is 0. The molecular weight excluding hydrogens is 206 g/mol. The van der Waals surface area contributed by atoms with Crippen LogP contribution >= 0.6 is 0 Å². The minimum absolute atomic E-state index is 1.15. The summed E-state index contributed by atoms with van der Waals surface area (Å²) in [4.78, 5) is 0. The largest absolute Gasteiger partial charge is 0.358 e. The summed E-state index contributed by atoms with van der Waals surface area (Å²) in [6.45, 7) is 3.85. The SMILES string of the molecule is C=Cc1ccccc1/C=C1\NC2=C1C=CCC2. The molecule has 17 heavy (non-hydrogen) atoms. The van der Waals surface area contributed by atoms with Crippen LogP contribution in [0.5, 0.6) is 0 Å². The number of hydrogen-bond acceptors (Lipinski definition) is 1. The van der Waals surface area contributed by atoms with Gasteiger partial charge in [0.1, 0.15) is 0 Å². The minimum Gasteiger partial charge on any atom is -0.358 e. The van der Waals surface area contributed by atoms with E-state index in [-0.39, 0.29) is 0 Å². The van der Waals surface area contributed by atoms with Crippen LogP contribution in [0.15, 0.2) is 60.0 Å². The van der Waals surface area contributed by atoms with Crippen LogP contribution in [0.4, 0.5) is 0 Å². The van der Waals surface area contributed by atoms with Gasteiger partial charge >= 0.3 is 0 Å². The van der Waals surface area contributed by atoms with Crippen LogP contribution in [0.25, 0.3) is 12.2 Å². The van der Waals surface area contributed by atoms with E-state index < -0.39 is 0 Å². The van der Waals surface area contributed by atoms with Crippen molar-refractivity contribution in [1.82, 2.24) is 5.32 Å². The number of nitrogens with one attached hydrogen (secondary N) is 1. The summed E-state index contributed by atoms with van der Waals surface area (Å²) in [6, 6.07) is 8.31. The summed E-state index contributed by atoms with van der Waals surface area (Å²) in [5, 5.41) is 3.44. The average molecular weight is 221 g/mol. The third-order valence-corrected chi connectivity index (χ3v) is 3.26. The first-order chi connectivity index (χ1) is 8.38. The molecule has 0 saturated heterocycles. The highest BCUT2D eigenvalue weighted by Crippen LogP contribution is 2.32. The minimum atomic E-state index is 1.15. The number of allylic oxidation sites excluding steroid dienone is 3. The average Bonchev–Trinajstić information content (AvgIpc) is 2.36. The number of benzene rings is 1. The lowest BCUT2D eigenvalue weighted by Crippen LogP contribution is -2.28. The fourth-order valence-electron chi connectivity index (χ4n) is 2.31. The molecule has 1 aromatic rings. The van der Waals surface area contributed by atoms with E-state index in [2.05, 4.69) is 48.3 Å². The van der Waals surface area contributed by atoms with Crippen LogP contribution in [0.3, 0.4) is 0 Å². The highest BCUT2D eigenvalue weighted by molar-refractivity contribution is 5.72. The quantitative estimate of drug-likeness (QED) is 0.799. The molecule has 0 radical (unpaired) electrons. The number of hydrogen-bond donors (Lipinski definition) is 1. The van der Waals surface area contributed by atoms with Gasteiger partial charge in [-0.25, -0.2) is 0 Å². The molecule has 1 nitrogen and oxygen atoms in total. The first-order valence-electron chi connectivity index (χ1n) is 5.99. The molecule has 84 valence electrons. The van der Waals surface area contributed by atoms with Gasteiger partial charge in [0.2, 0.25) is 0 Å². The molecule has 0 bridgehead atoms. The van der Waals surface area contributed by atoms with Crippen molar-refractivity contribution in [3.05, 3.63) is 71.1 Å². The second-order valence-electron chi connectivity index (χ2n) is 4.35. The molecule has 0 amide bonds. The van der Waals surface area contributed by atoms with Crippen molar-refractivity contribution < 1.29 is 0 Å². The highest BCUT2D eigenvalue weighted by Gasteiger charge is 2.21. The summed E-state index contributed by atoms with van der Waals surface area (Å²) in [5.74, 6) is 0. The second-order valence-corrected chi connectivity index (χ2v) is 4.35. The third kappa shape index (κ3) is 1.74. The molecule has 1 N–H and O–H groups in total. The zero-order valence-electron chi connectivity index (χ0n) is 9.74. The van der Waals surface area contributed by atoms with Gasteiger partial charge in [-0.1, -0.05) is 49.1 Å². The van der Waals surface area contributed by atoms with Gasteiger partial charge in [-0.3, -0.25) is 0 Å². The Hall–Kier alpha value is -2.02. The third-order valence-electron chi connectivity index (χ3n) is 3.26. The van der Waals surface area contributed by atoms with Gasteiger partial charge in [-0.2, -0.15) is 0 Å². The molecule has 0 atom stereocenters. The van der Waals surface area contributed by atoms with E-state index in [1.54, 1.807) is 0 Å². The summed E-state index contributed by atoms with van der Waals surface area (Å²) >= 11 is 0. The summed E-state index contributed by atoms with van der Waals surface area (Å²) in [7, 11) is 0. The first-order valence-corrected chi connectivity index (χ1v) is 5.99. The van der Waals surface area contributed by atoms with Crippen molar-refractivity contribution in [3.8, 4) is 0 Å². The monoisotopic (exact) mass is 221 g/mol. The van der Waals surface area contributed by atoms with E-state index >= 15 is 0 Å². The lowest BCUT2D eigenvalue weighted by atomic mass is 9.92. The van der Waals surface area contributed by atoms with Crippen LogP contribution in [-0.2, 0) is 0 Å². The van der Waals surface area contributed by atoms with Crippen LogP contribution in [-0.4, -0.2) is 0 Å². The van der Waals surface area contributed by atoms with Crippen molar-refractivity contribution in [3.63, 3.8) is 0 Å². The van der Waals surface area contributed by atoms with Crippen LogP contribution < -0.4 is 5.32 Å². The van der Waals surface area contributed by atoms with E-state index in [9.17, 15) is 0 Å². The Morgan fingerprint density at radius 2 is 2.00 bits per heavy atom. The zero-order valence-corrected chi connectivity index (χ0v) is 9.74. The molecular formula is C16H15N. The van der Waals surface area contributed by atoms with E-state index in [1.807, 2.05) is 12.1 Å². The Kier molecular flexibility index (Phi) is 2.45. The van der Waals surface area contributed by atoms with Gasteiger partial charge in [-0.15, -0.1) is 0 Å². The summed E-state index contributed by atoms with van der Waals surface area (Å²) in [5.41, 5.74) is 6.38. The molecule has 1 aliphatic heterocycles. The molecule has 0 spiro atoms. The molecule has 0 unspecified atom stereocenters. The van der Waals surface area contributed by atoms with Crippen molar-refractivity contribution in [2.45, 2.75) is 12.8 Å². The topological polar surface area (TPSA) is 12.0 Å². The van der Waals surface area contributed by atoms with E-state index in [4.69, 9.17) is 0 Å². The molecule has 1 heteroatoms. The molecule has 0 fully saturated rings. The second kappa shape index (κ2) is 4.10. The maximum atomic E-state index is 3.85. The first kappa shape index (κ1) is 10.2. The smallest absolute Gasteiger partial charge is 0.0479 e. The van der Waals surface area contributed by atoms with Crippen molar-refractivity contribution in [1.29, 1.82) is 0 Å². The van der Waals surface area contributed by atoms with Crippen LogP contribution in [0.1, 0.15) is 24.0 Å². The highest BCUT2D eigenvalue weighted by atomic mass is 15.0. The Morgan fingerprint density at radius 1 is 1.18 bits per heavy atom. The fourth-order valence-corrected chi connectivity index (χ4v) is 2.31. The van der Waals surface area contributed by atoms with Gasteiger partial charge in [0, 0.05) is 17.0 Å². The Balaban J connectivity index is 1.96. The van der Waals surface area contributed by atoms with Crippen molar-refractivity contribution in [2.75, 3.05) is 0 Å². The van der Waals surface area contributed by atoms with Gasteiger partial charge in [0.15, 0.2) is 0 Å². The standard InChI is InChI=1S/C16H15N/c1-2-12-7-3-4-8-13(12)11-16-14-9-5-6-10-15(14)17-16/h2-5,7-9,11,17H,1,6,10H2/b16-11-. The Labute approximate surface area is 102 Å². The lowest BCUT2D eigenvalue weighted by molar-refractivity contribution is 0.770. The Bertz CT molecular complexity index is 559. The normalized spacial score (nSPS) is 19.6. The van der Waals surface area contributed by atoms with Crippen LogP contribution in [0.2, 0.25) is 0 Å². The lowest BCUT2D eigenvalue weighted by Gasteiger charge is -2.30. The maximum Gasteiger partial charge on any atom is 0.0479 e. The molecule has 0 aromatic heterocycles. The molecule has 2 aliphatic rings. The maximum absolute atomic E-state index is 3.85. The molecule has 0 saturated carbocycles. The summed E-state index contributed by atoms with van der Waals surface area (Å²) in [6.07, 6.45) is 10.9. The van der Waals surface area contributed by atoms with Gasteiger partial charge in [-0.05, 0) is 30.0 Å². The predicted octanol–water partition coefficient (Wildman–Crippen LogP) is 3.88. The van der Waals surface area contributed by atoms with Gasteiger partial charge in [0.05, 0.1) is 0 Å². The molecule has 1 heterocycles. The number of rotatable bonds is 2. The van der Waals surface area contributed by atoms with Gasteiger partial charge in [0.25, 0.3) is 0 Å². The van der Waals surface area contributed by atoms with E-state index in [0.29, 0.717) is 0 Å². The molecule has 1 aliphatic carbocycles. The fraction of sp³-hybridized carbons (Fsp3) is 0.125. The predicted molar refractivity (Wildman–Crippen MR) is 73.0 cm³/mol. The molecule has 1 aromatic carbocycles. The van der Waals surface area contributed by atoms with Crippen molar-refractivity contribution in [2.24, 2.45) is 0 Å². The van der Waals surface area contributed by atoms with Gasteiger partial charge < -0.3 is 5.32 Å². The van der Waals surface area contributed by atoms with E-state index in [0.717, 1.165) is 12.8 Å². The molecule has 3 rings (SSSR count). The zero-order chi connectivity index (χ0) is 11.7. The Morgan fingerprint density at radius 3 is 2.76 bits per heavy atom. The van der Waals surface area contributed by atoms with Crippen LogP contribution in [0, 0.1) is 0 Å². The van der Waals surface area contributed by atoms with Crippen molar-refractivity contribution >= 4 is 12.2 Å². The van der Waals surface area contributed by atoms with E-state index in [1.165, 1.54) is 28.1 Å².